The van der Waals surface area contributed by atoms with E-state index in [2.05, 4.69) is 5.32 Å². The molecule has 114 valence electrons. The molecule has 1 N–H and O–H groups in total. The molecule has 1 heterocycles. The lowest BCUT2D eigenvalue weighted by Gasteiger charge is -2.32. The molecular weight excluding hydrogens is 268 g/mol. The van der Waals surface area contributed by atoms with Gasteiger partial charge in [0.05, 0.1) is 12.3 Å². The van der Waals surface area contributed by atoms with Gasteiger partial charge < -0.3 is 15.0 Å². The Morgan fingerprint density at radius 2 is 2.10 bits per heavy atom. The van der Waals surface area contributed by atoms with E-state index in [9.17, 15) is 9.59 Å². The highest BCUT2D eigenvalue weighted by Gasteiger charge is 2.28. The third-order valence-electron chi connectivity index (χ3n) is 3.69. The summed E-state index contributed by atoms with van der Waals surface area (Å²) in [7, 11) is 0. The molecule has 0 radical (unpaired) electrons. The monoisotopic (exact) mass is 290 g/mol. The average Bonchev–Trinajstić information content (AvgIpc) is 2.49. The first-order valence-electron chi connectivity index (χ1n) is 7.47. The van der Waals surface area contributed by atoms with E-state index in [0.717, 1.165) is 19.3 Å². The number of hydrogen-bond donors (Lipinski definition) is 1. The number of benzene rings is 1. The van der Waals surface area contributed by atoms with Gasteiger partial charge in [-0.2, -0.15) is 0 Å². The number of nitrogens with zero attached hydrogens (tertiary/aromatic N) is 1. The SMILES string of the molecule is CCOc1ccccc1NC(=O)C(=O)N1CCCCC1C. The van der Waals surface area contributed by atoms with E-state index in [0.29, 0.717) is 24.6 Å². The number of para-hydroxylation sites is 2. The molecule has 2 rings (SSSR count). The summed E-state index contributed by atoms with van der Waals surface area (Å²) >= 11 is 0. The van der Waals surface area contributed by atoms with Crippen LogP contribution in [0.4, 0.5) is 5.69 Å². The molecule has 1 saturated heterocycles. The Kier molecular flexibility index (Phi) is 5.20. The van der Waals surface area contributed by atoms with Crippen LogP contribution in [0.25, 0.3) is 0 Å². The largest absolute Gasteiger partial charge is 0.492 e. The Bertz CT molecular complexity index is 516. The molecular formula is C16H22N2O3. The molecule has 1 aliphatic heterocycles. The molecule has 5 heteroatoms. The van der Waals surface area contributed by atoms with Crippen LogP contribution in [0.3, 0.4) is 0 Å². The van der Waals surface area contributed by atoms with E-state index < -0.39 is 11.8 Å². The third kappa shape index (κ3) is 3.74. The van der Waals surface area contributed by atoms with Crippen molar-refractivity contribution in [2.45, 2.75) is 39.2 Å². The second kappa shape index (κ2) is 7.11. The summed E-state index contributed by atoms with van der Waals surface area (Å²) in [5.74, 6) is -0.489. The van der Waals surface area contributed by atoms with Crippen LogP contribution in [0, 0.1) is 0 Å². The van der Waals surface area contributed by atoms with Crippen LogP contribution in [0.15, 0.2) is 24.3 Å². The van der Waals surface area contributed by atoms with Crippen LogP contribution in [-0.4, -0.2) is 35.9 Å². The Hall–Kier alpha value is -2.04. The van der Waals surface area contributed by atoms with Crippen LogP contribution in [0.1, 0.15) is 33.1 Å². The number of likely N-dealkylation sites (tertiary alicyclic amines) is 1. The minimum Gasteiger partial charge on any atom is -0.492 e. The number of anilines is 1. The molecule has 21 heavy (non-hydrogen) atoms. The van der Waals surface area contributed by atoms with Crippen molar-refractivity contribution in [2.75, 3.05) is 18.5 Å². The van der Waals surface area contributed by atoms with Gasteiger partial charge in [-0.05, 0) is 45.2 Å². The molecule has 1 aromatic rings. The minimum absolute atomic E-state index is 0.124. The molecule has 0 aromatic heterocycles. The summed E-state index contributed by atoms with van der Waals surface area (Å²) in [5.41, 5.74) is 0.530. The highest BCUT2D eigenvalue weighted by molar-refractivity contribution is 6.39. The fourth-order valence-corrected chi connectivity index (χ4v) is 2.56. The van der Waals surface area contributed by atoms with Crippen LogP contribution in [0.5, 0.6) is 5.75 Å². The predicted octanol–water partition coefficient (Wildman–Crippen LogP) is 2.42. The number of piperidine rings is 1. The van der Waals surface area contributed by atoms with Crippen molar-refractivity contribution in [2.24, 2.45) is 0 Å². The molecule has 1 fully saturated rings. The van der Waals surface area contributed by atoms with Gasteiger partial charge in [0.1, 0.15) is 5.75 Å². The van der Waals surface area contributed by atoms with Gasteiger partial charge in [0.2, 0.25) is 0 Å². The van der Waals surface area contributed by atoms with Crippen molar-refractivity contribution in [3.05, 3.63) is 24.3 Å². The Morgan fingerprint density at radius 1 is 1.33 bits per heavy atom. The number of carbonyl (C=O) groups is 2. The average molecular weight is 290 g/mol. The Balaban J connectivity index is 2.05. The zero-order chi connectivity index (χ0) is 15.2. The molecule has 0 saturated carbocycles. The van der Waals surface area contributed by atoms with Crippen molar-refractivity contribution < 1.29 is 14.3 Å². The van der Waals surface area contributed by atoms with Gasteiger partial charge in [-0.15, -0.1) is 0 Å². The molecule has 0 spiro atoms. The molecule has 1 unspecified atom stereocenters. The van der Waals surface area contributed by atoms with E-state index in [-0.39, 0.29) is 6.04 Å². The van der Waals surface area contributed by atoms with Gasteiger partial charge in [0, 0.05) is 12.6 Å². The van der Waals surface area contributed by atoms with Crippen LogP contribution >= 0.6 is 0 Å². The minimum atomic E-state index is -0.601. The van der Waals surface area contributed by atoms with Gasteiger partial charge >= 0.3 is 11.8 Å². The first kappa shape index (κ1) is 15.4. The summed E-state index contributed by atoms with van der Waals surface area (Å²) in [6, 6.07) is 7.25. The smallest absolute Gasteiger partial charge is 0.314 e. The summed E-state index contributed by atoms with van der Waals surface area (Å²) in [5, 5.41) is 2.66. The molecule has 5 nitrogen and oxygen atoms in total. The molecule has 1 aliphatic rings. The van der Waals surface area contributed by atoms with Crippen molar-refractivity contribution in [1.29, 1.82) is 0 Å². The van der Waals surface area contributed by atoms with Gasteiger partial charge in [-0.1, -0.05) is 12.1 Å². The fraction of sp³-hybridized carbons (Fsp3) is 0.500. The van der Waals surface area contributed by atoms with E-state index in [1.807, 2.05) is 19.9 Å². The van der Waals surface area contributed by atoms with E-state index >= 15 is 0 Å². The highest BCUT2D eigenvalue weighted by atomic mass is 16.5. The van der Waals surface area contributed by atoms with Crippen LogP contribution in [-0.2, 0) is 9.59 Å². The standard InChI is InChI=1S/C16H22N2O3/c1-3-21-14-10-5-4-9-13(14)17-15(19)16(20)18-11-7-6-8-12(18)2/h4-5,9-10,12H,3,6-8,11H2,1-2H3,(H,17,19). The highest BCUT2D eigenvalue weighted by Crippen LogP contribution is 2.24. The zero-order valence-electron chi connectivity index (χ0n) is 12.6. The lowest BCUT2D eigenvalue weighted by atomic mass is 10.0. The van der Waals surface area contributed by atoms with Crippen molar-refractivity contribution in [1.82, 2.24) is 4.90 Å². The maximum Gasteiger partial charge on any atom is 0.314 e. The van der Waals surface area contributed by atoms with Gasteiger partial charge in [0.15, 0.2) is 0 Å². The number of hydrogen-bond acceptors (Lipinski definition) is 3. The predicted molar refractivity (Wildman–Crippen MR) is 81.3 cm³/mol. The summed E-state index contributed by atoms with van der Waals surface area (Å²) in [4.78, 5) is 26.1. The van der Waals surface area contributed by atoms with E-state index in [1.54, 1.807) is 23.1 Å². The Morgan fingerprint density at radius 3 is 2.81 bits per heavy atom. The molecule has 2 amide bonds. The van der Waals surface area contributed by atoms with Gasteiger partial charge in [-0.3, -0.25) is 9.59 Å². The third-order valence-corrected chi connectivity index (χ3v) is 3.69. The van der Waals surface area contributed by atoms with Gasteiger partial charge in [-0.25, -0.2) is 0 Å². The first-order chi connectivity index (χ1) is 10.1. The molecule has 0 aliphatic carbocycles. The summed E-state index contributed by atoms with van der Waals surface area (Å²) in [6.07, 6.45) is 3.02. The maximum absolute atomic E-state index is 12.3. The Labute approximate surface area is 125 Å². The van der Waals surface area contributed by atoms with E-state index in [4.69, 9.17) is 4.74 Å². The lowest BCUT2D eigenvalue weighted by molar-refractivity contribution is -0.145. The van der Waals surface area contributed by atoms with Crippen molar-refractivity contribution >= 4 is 17.5 Å². The maximum atomic E-state index is 12.3. The van der Waals surface area contributed by atoms with Crippen LogP contribution in [0.2, 0.25) is 0 Å². The first-order valence-corrected chi connectivity index (χ1v) is 7.47. The summed E-state index contributed by atoms with van der Waals surface area (Å²) < 4.78 is 5.44. The normalized spacial score (nSPS) is 18.2. The number of ether oxygens (including phenoxy) is 1. The van der Waals surface area contributed by atoms with Crippen molar-refractivity contribution in [3.63, 3.8) is 0 Å². The number of amides is 2. The molecule has 0 bridgehead atoms. The number of rotatable bonds is 3. The van der Waals surface area contributed by atoms with Crippen LogP contribution < -0.4 is 10.1 Å². The number of nitrogens with one attached hydrogen (secondary N) is 1. The molecule has 1 atom stereocenters. The molecule has 1 aromatic carbocycles. The van der Waals surface area contributed by atoms with Gasteiger partial charge in [0.25, 0.3) is 0 Å². The topological polar surface area (TPSA) is 58.6 Å². The fourth-order valence-electron chi connectivity index (χ4n) is 2.56. The zero-order valence-corrected chi connectivity index (χ0v) is 12.6. The van der Waals surface area contributed by atoms with Crippen molar-refractivity contribution in [3.8, 4) is 5.75 Å². The number of carbonyl (C=O) groups excluding carboxylic acids is 2. The van der Waals surface area contributed by atoms with E-state index in [1.165, 1.54) is 0 Å². The summed E-state index contributed by atoms with van der Waals surface area (Å²) in [6.45, 7) is 5.02. The second-order valence-corrected chi connectivity index (χ2v) is 5.23. The second-order valence-electron chi connectivity index (χ2n) is 5.23. The lowest BCUT2D eigenvalue weighted by Crippen LogP contribution is -2.47. The quantitative estimate of drug-likeness (QED) is 0.870.